The summed E-state index contributed by atoms with van der Waals surface area (Å²) in [4.78, 5) is 8.79. The summed E-state index contributed by atoms with van der Waals surface area (Å²) >= 11 is 6.12. The highest BCUT2D eigenvalue weighted by atomic mass is 35.5. The first-order valence-corrected chi connectivity index (χ1v) is 8.09. The van der Waals surface area contributed by atoms with Crippen molar-refractivity contribution < 1.29 is 13.9 Å². The van der Waals surface area contributed by atoms with E-state index in [0.29, 0.717) is 28.4 Å². The zero-order valence-corrected chi connectivity index (χ0v) is 14.7. The van der Waals surface area contributed by atoms with E-state index in [2.05, 4.69) is 15.3 Å². The number of halogens is 2. The predicted octanol–water partition coefficient (Wildman–Crippen LogP) is 4.44. The van der Waals surface area contributed by atoms with Crippen molar-refractivity contribution in [1.29, 1.82) is 0 Å². The number of para-hydroxylation sites is 1. The number of ether oxygens (including phenoxy) is 2. The molecule has 0 fully saturated rings. The second-order valence-corrected chi connectivity index (χ2v) is 5.93. The number of rotatable bonds is 4. The molecule has 0 unspecified atom stereocenters. The Morgan fingerprint density at radius 1 is 1.12 bits per heavy atom. The van der Waals surface area contributed by atoms with E-state index in [9.17, 15) is 4.39 Å². The molecule has 1 N–H and O–H groups in total. The normalized spacial score (nSPS) is 11.1. The van der Waals surface area contributed by atoms with E-state index in [4.69, 9.17) is 21.1 Å². The molecule has 8 heteroatoms. The Labute approximate surface area is 153 Å². The third-order valence-electron chi connectivity index (χ3n) is 4.06. The van der Waals surface area contributed by atoms with Crippen LogP contribution >= 0.6 is 11.6 Å². The van der Waals surface area contributed by atoms with Gasteiger partial charge in [0.2, 0.25) is 0 Å². The highest BCUT2D eigenvalue weighted by molar-refractivity contribution is 6.33. The van der Waals surface area contributed by atoms with Gasteiger partial charge in [0.05, 0.1) is 48.5 Å². The topological polar surface area (TPSA) is 60.7 Å². The molecule has 2 aromatic heterocycles. The SMILES string of the molecule is COc1cc2nc(Nc3c(F)cccc3Cl)c3cncn3c2cc1OC. The molecular weight excluding hydrogens is 359 g/mol. The number of nitrogens with zero attached hydrogens (tertiary/aromatic N) is 3. The molecule has 0 aliphatic rings. The van der Waals surface area contributed by atoms with Crippen molar-refractivity contribution in [1.82, 2.24) is 14.4 Å². The largest absolute Gasteiger partial charge is 0.493 e. The average Bonchev–Trinajstić information content (AvgIpc) is 3.14. The number of benzene rings is 2. The van der Waals surface area contributed by atoms with Crippen LogP contribution in [0.25, 0.3) is 16.6 Å². The molecule has 26 heavy (non-hydrogen) atoms. The number of hydrogen-bond acceptors (Lipinski definition) is 5. The van der Waals surface area contributed by atoms with Gasteiger partial charge in [0.15, 0.2) is 17.3 Å². The summed E-state index contributed by atoms with van der Waals surface area (Å²) in [5.74, 6) is 1.08. The highest BCUT2D eigenvalue weighted by Crippen LogP contribution is 2.35. The fourth-order valence-corrected chi connectivity index (χ4v) is 3.02. The predicted molar refractivity (Wildman–Crippen MR) is 98.3 cm³/mol. The lowest BCUT2D eigenvalue weighted by molar-refractivity contribution is 0.355. The van der Waals surface area contributed by atoms with Crippen molar-refractivity contribution in [2.45, 2.75) is 0 Å². The molecule has 0 radical (unpaired) electrons. The van der Waals surface area contributed by atoms with Gasteiger partial charge in [-0.3, -0.25) is 4.40 Å². The Morgan fingerprint density at radius 2 is 1.88 bits per heavy atom. The molecule has 4 aromatic rings. The van der Waals surface area contributed by atoms with Gasteiger partial charge in [0.1, 0.15) is 11.3 Å². The van der Waals surface area contributed by atoms with E-state index in [1.165, 1.54) is 6.07 Å². The molecule has 2 heterocycles. The van der Waals surface area contributed by atoms with Crippen molar-refractivity contribution in [2.24, 2.45) is 0 Å². The lowest BCUT2D eigenvalue weighted by atomic mass is 10.2. The van der Waals surface area contributed by atoms with Crippen LogP contribution in [-0.2, 0) is 0 Å². The summed E-state index contributed by atoms with van der Waals surface area (Å²) in [6.45, 7) is 0. The molecule has 0 saturated carbocycles. The van der Waals surface area contributed by atoms with Gasteiger partial charge < -0.3 is 14.8 Å². The lowest BCUT2D eigenvalue weighted by Crippen LogP contribution is -2.02. The molecule has 0 amide bonds. The molecule has 132 valence electrons. The van der Waals surface area contributed by atoms with Crippen molar-refractivity contribution in [2.75, 3.05) is 19.5 Å². The van der Waals surface area contributed by atoms with Crippen LogP contribution in [0.5, 0.6) is 11.5 Å². The van der Waals surface area contributed by atoms with Crippen molar-refractivity contribution in [3.05, 3.63) is 53.7 Å². The standard InChI is InChI=1S/C18H14ClFN4O2/c1-25-15-6-12-13(7-16(15)26-2)24-9-21-8-14(24)18(22-12)23-17-10(19)4-3-5-11(17)20/h3-9H,1-2H3,(H,22,23). The van der Waals surface area contributed by atoms with Crippen molar-refractivity contribution in [3.63, 3.8) is 0 Å². The van der Waals surface area contributed by atoms with Gasteiger partial charge in [-0.05, 0) is 12.1 Å². The number of imidazole rings is 1. The maximum atomic E-state index is 14.2. The van der Waals surface area contributed by atoms with E-state index in [0.717, 1.165) is 5.52 Å². The molecule has 2 aromatic carbocycles. The first-order valence-electron chi connectivity index (χ1n) is 7.71. The third kappa shape index (κ3) is 2.57. The van der Waals surface area contributed by atoms with Crippen LogP contribution in [-0.4, -0.2) is 28.6 Å². The van der Waals surface area contributed by atoms with E-state index in [-0.39, 0.29) is 10.7 Å². The zero-order valence-electron chi connectivity index (χ0n) is 14.0. The Balaban J connectivity index is 1.96. The number of methoxy groups -OCH3 is 2. The number of fused-ring (bicyclic) bond motifs is 3. The van der Waals surface area contributed by atoms with Gasteiger partial charge in [0.25, 0.3) is 0 Å². The molecule has 0 bridgehead atoms. The first-order chi connectivity index (χ1) is 12.6. The molecule has 6 nitrogen and oxygen atoms in total. The maximum Gasteiger partial charge on any atom is 0.163 e. The fourth-order valence-electron chi connectivity index (χ4n) is 2.81. The maximum absolute atomic E-state index is 14.2. The summed E-state index contributed by atoms with van der Waals surface area (Å²) in [6, 6.07) is 8.05. The summed E-state index contributed by atoms with van der Waals surface area (Å²) in [6.07, 6.45) is 3.29. The third-order valence-corrected chi connectivity index (χ3v) is 4.37. The Kier molecular flexibility index (Phi) is 4.00. The minimum absolute atomic E-state index is 0.157. The Bertz CT molecular complexity index is 1110. The van der Waals surface area contributed by atoms with Crippen LogP contribution in [0.2, 0.25) is 5.02 Å². The molecule has 0 spiro atoms. The van der Waals surface area contributed by atoms with Crippen LogP contribution in [0, 0.1) is 5.82 Å². The highest BCUT2D eigenvalue weighted by Gasteiger charge is 2.15. The van der Waals surface area contributed by atoms with Gasteiger partial charge in [0, 0.05) is 12.1 Å². The summed E-state index contributed by atoms with van der Waals surface area (Å²) < 4.78 is 26.7. The molecule has 0 aliphatic heterocycles. The van der Waals surface area contributed by atoms with E-state index >= 15 is 0 Å². The number of aromatic nitrogens is 3. The zero-order chi connectivity index (χ0) is 18.3. The van der Waals surface area contributed by atoms with E-state index in [1.54, 1.807) is 44.9 Å². The Morgan fingerprint density at radius 3 is 2.62 bits per heavy atom. The fraction of sp³-hybridized carbons (Fsp3) is 0.111. The first kappa shape index (κ1) is 16.4. The van der Waals surface area contributed by atoms with Gasteiger partial charge in [-0.25, -0.2) is 14.4 Å². The van der Waals surface area contributed by atoms with Crippen LogP contribution < -0.4 is 14.8 Å². The van der Waals surface area contributed by atoms with Gasteiger partial charge in [-0.15, -0.1) is 0 Å². The van der Waals surface area contributed by atoms with Gasteiger partial charge >= 0.3 is 0 Å². The summed E-state index contributed by atoms with van der Waals surface area (Å²) in [5, 5.41) is 3.24. The quantitative estimate of drug-likeness (QED) is 0.574. The van der Waals surface area contributed by atoms with Crippen LogP contribution in [0.3, 0.4) is 0 Å². The molecule has 0 aliphatic carbocycles. The van der Waals surface area contributed by atoms with Crippen molar-refractivity contribution >= 4 is 39.7 Å². The van der Waals surface area contributed by atoms with E-state index in [1.807, 2.05) is 10.5 Å². The number of hydrogen-bond donors (Lipinski definition) is 1. The second kappa shape index (κ2) is 6.34. The molecular formula is C18H14ClFN4O2. The Hall–Kier alpha value is -3.06. The monoisotopic (exact) mass is 372 g/mol. The molecule has 0 saturated heterocycles. The summed E-state index contributed by atoms with van der Waals surface area (Å²) in [7, 11) is 3.12. The number of anilines is 2. The minimum Gasteiger partial charge on any atom is -0.493 e. The average molecular weight is 373 g/mol. The van der Waals surface area contributed by atoms with Crippen LogP contribution in [0.15, 0.2) is 42.9 Å². The minimum atomic E-state index is -0.468. The van der Waals surface area contributed by atoms with Gasteiger partial charge in [-0.1, -0.05) is 17.7 Å². The lowest BCUT2D eigenvalue weighted by Gasteiger charge is -2.14. The smallest absolute Gasteiger partial charge is 0.163 e. The number of nitrogens with one attached hydrogen (secondary N) is 1. The van der Waals surface area contributed by atoms with E-state index < -0.39 is 5.82 Å². The molecule has 4 rings (SSSR count). The van der Waals surface area contributed by atoms with Crippen molar-refractivity contribution in [3.8, 4) is 11.5 Å². The van der Waals surface area contributed by atoms with Crippen LogP contribution in [0.4, 0.5) is 15.9 Å². The van der Waals surface area contributed by atoms with Crippen LogP contribution in [0.1, 0.15) is 0 Å². The summed E-state index contributed by atoms with van der Waals surface area (Å²) in [5.41, 5.74) is 2.23. The molecule has 0 atom stereocenters. The van der Waals surface area contributed by atoms with Gasteiger partial charge in [-0.2, -0.15) is 0 Å². The second-order valence-electron chi connectivity index (χ2n) is 5.53.